The van der Waals surface area contributed by atoms with Crippen LogP contribution in [0.15, 0.2) is 48.6 Å². The van der Waals surface area contributed by atoms with Crippen LogP contribution in [-0.4, -0.2) is 33.0 Å². The number of allylic oxidation sites excluding steroid dienone is 2. The molecule has 30 heavy (non-hydrogen) atoms. The van der Waals surface area contributed by atoms with Crippen molar-refractivity contribution < 1.29 is 23.8 Å². The Bertz CT molecular complexity index is 1070. The van der Waals surface area contributed by atoms with Crippen molar-refractivity contribution in [1.82, 2.24) is 0 Å². The quantitative estimate of drug-likeness (QED) is 0.608. The van der Waals surface area contributed by atoms with Crippen molar-refractivity contribution in [2.24, 2.45) is 17.8 Å². The molecule has 1 N–H and O–H groups in total. The van der Waals surface area contributed by atoms with Gasteiger partial charge in [0.05, 0.1) is 26.7 Å². The van der Waals surface area contributed by atoms with E-state index >= 15 is 0 Å². The summed E-state index contributed by atoms with van der Waals surface area (Å²) in [4.78, 5) is 27.3. The largest absolute Gasteiger partial charge is 0.493 e. The maximum absolute atomic E-state index is 13.9. The lowest BCUT2D eigenvalue weighted by Crippen LogP contribution is -2.48. The number of rotatable bonds is 5. The van der Waals surface area contributed by atoms with Gasteiger partial charge in [0.25, 0.3) is 0 Å². The Labute approximate surface area is 174 Å². The minimum atomic E-state index is -0.881. The lowest BCUT2D eigenvalue weighted by Gasteiger charge is -2.36. The van der Waals surface area contributed by atoms with Crippen LogP contribution in [0.1, 0.15) is 22.3 Å². The Morgan fingerprint density at radius 3 is 2.40 bits per heavy atom. The molecule has 1 saturated carbocycles. The lowest BCUT2D eigenvalue weighted by molar-refractivity contribution is -0.122. The summed E-state index contributed by atoms with van der Waals surface area (Å²) >= 11 is 0. The molecule has 0 radical (unpaired) electrons. The molecule has 1 heterocycles. The van der Waals surface area contributed by atoms with Crippen LogP contribution in [0.3, 0.4) is 0 Å². The fourth-order valence-electron chi connectivity index (χ4n) is 5.66. The Hall–Kier alpha value is -3.28. The number of hydrogen-bond donors (Lipinski definition) is 1. The molecular weight excluding hydrogens is 382 g/mol. The molecule has 2 aromatic rings. The zero-order chi connectivity index (χ0) is 21.0. The maximum Gasteiger partial charge on any atom is 0.236 e. The van der Waals surface area contributed by atoms with Crippen molar-refractivity contribution in [3.8, 4) is 17.2 Å². The third kappa shape index (κ3) is 2.24. The molecule has 3 aliphatic rings. The zero-order valence-electron chi connectivity index (χ0n) is 17.1. The second-order valence-electron chi connectivity index (χ2n) is 8.02. The van der Waals surface area contributed by atoms with Crippen LogP contribution in [0, 0.1) is 17.8 Å². The molecule has 2 aliphatic carbocycles. The van der Waals surface area contributed by atoms with Gasteiger partial charge in [0.2, 0.25) is 11.7 Å². The third-order valence-electron chi connectivity index (χ3n) is 6.85. The number of ether oxygens (including phenoxy) is 3. The van der Waals surface area contributed by atoms with Crippen LogP contribution in [0.2, 0.25) is 0 Å². The minimum absolute atomic E-state index is 0.00198. The van der Waals surface area contributed by atoms with Crippen LogP contribution < -0.4 is 19.5 Å². The molecule has 154 valence electrons. The molecule has 0 saturated heterocycles. The van der Waals surface area contributed by atoms with E-state index in [9.17, 15) is 9.59 Å². The summed E-state index contributed by atoms with van der Waals surface area (Å²) in [7, 11) is 4.57. The average Bonchev–Trinajstić information content (AvgIpc) is 3.45. The Balaban J connectivity index is 1.66. The number of para-hydroxylation sites is 1. The van der Waals surface area contributed by atoms with Crippen LogP contribution in [-0.2, 0) is 10.2 Å². The molecule has 4 atom stereocenters. The second-order valence-corrected chi connectivity index (χ2v) is 8.02. The second kappa shape index (κ2) is 6.62. The zero-order valence-corrected chi connectivity index (χ0v) is 17.1. The average molecular weight is 405 g/mol. The predicted octanol–water partition coefficient (Wildman–Crippen LogP) is 3.61. The highest BCUT2D eigenvalue weighted by Gasteiger charge is 2.66. The summed E-state index contributed by atoms with van der Waals surface area (Å²) < 4.78 is 16.3. The van der Waals surface area contributed by atoms with Crippen molar-refractivity contribution >= 4 is 17.4 Å². The molecule has 1 spiro atoms. The smallest absolute Gasteiger partial charge is 0.236 e. The molecule has 0 unspecified atom stereocenters. The molecule has 1 fully saturated rings. The number of hydrogen-bond acceptors (Lipinski definition) is 5. The first kappa shape index (κ1) is 18.7. The molecule has 2 bridgehead atoms. The van der Waals surface area contributed by atoms with E-state index in [2.05, 4.69) is 17.5 Å². The normalized spacial score (nSPS) is 27.8. The number of carbonyl (C=O) groups excluding carboxylic acids is 2. The number of ketones is 1. The van der Waals surface area contributed by atoms with E-state index in [1.54, 1.807) is 12.1 Å². The summed E-state index contributed by atoms with van der Waals surface area (Å²) in [6.07, 6.45) is 4.98. The van der Waals surface area contributed by atoms with Crippen molar-refractivity contribution in [1.29, 1.82) is 0 Å². The molecule has 1 amide bonds. The van der Waals surface area contributed by atoms with Gasteiger partial charge in [0.1, 0.15) is 0 Å². The Morgan fingerprint density at radius 2 is 1.73 bits per heavy atom. The number of amides is 1. The molecule has 0 aromatic heterocycles. The van der Waals surface area contributed by atoms with E-state index in [1.165, 1.54) is 21.3 Å². The van der Waals surface area contributed by atoms with Crippen molar-refractivity contribution in [3.63, 3.8) is 0 Å². The van der Waals surface area contributed by atoms with Crippen molar-refractivity contribution in [2.75, 3.05) is 26.6 Å². The summed E-state index contributed by atoms with van der Waals surface area (Å²) in [6, 6.07) is 11.0. The van der Waals surface area contributed by atoms with Gasteiger partial charge >= 0.3 is 0 Å². The molecule has 6 heteroatoms. The number of methoxy groups -OCH3 is 3. The Morgan fingerprint density at radius 1 is 1.03 bits per heavy atom. The molecule has 1 aliphatic heterocycles. The predicted molar refractivity (Wildman–Crippen MR) is 111 cm³/mol. The summed E-state index contributed by atoms with van der Waals surface area (Å²) in [5.41, 5.74) is 1.28. The molecule has 5 rings (SSSR count). The van der Waals surface area contributed by atoms with Gasteiger partial charge in [-0.2, -0.15) is 0 Å². The van der Waals surface area contributed by atoms with Crippen LogP contribution in [0.25, 0.3) is 0 Å². The van der Waals surface area contributed by atoms with Gasteiger partial charge in [-0.3, -0.25) is 9.59 Å². The SMILES string of the molecule is COc1cc(C(=O)[C@@H]2[C@@H]3C=C[C@@H](C3)[C@]23C(=O)Nc2ccccc23)cc(OC)c1OC. The standard InChI is InChI=1S/C24H23NO5/c1-28-18-11-14(12-19(29-2)22(18)30-3)21(26)20-13-8-9-15(10-13)24(20)16-6-4-5-7-17(16)25-23(24)27/h4-9,11-13,15,20H,10H2,1-3H3,(H,25,27)/t13-,15+,20+,24-/m1/s1. The summed E-state index contributed by atoms with van der Waals surface area (Å²) in [5.74, 6) is 0.625. The third-order valence-corrected chi connectivity index (χ3v) is 6.85. The van der Waals surface area contributed by atoms with Gasteiger partial charge in [0, 0.05) is 17.2 Å². The van der Waals surface area contributed by atoms with Gasteiger partial charge in [0.15, 0.2) is 17.3 Å². The molecule has 6 nitrogen and oxygen atoms in total. The van der Waals surface area contributed by atoms with Gasteiger partial charge in [-0.15, -0.1) is 0 Å². The monoisotopic (exact) mass is 405 g/mol. The number of carbonyl (C=O) groups is 2. The van der Waals surface area contributed by atoms with Crippen LogP contribution in [0.5, 0.6) is 17.2 Å². The lowest BCUT2D eigenvalue weighted by atomic mass is 9.63. The fraction of sp³-hybridized carbons (Fsp3) is 0.333. The topological polar surface area (TPSA) is 73.9 Å². The highest BCUT2D eigenvalue weighted by molar-refractivity contribution is 6.13. The molecular formula is C24H23NO5. The summed E-state index contributed by atoms with van der Waals surface area (Å²) in [5, 5.41) is 3.02. The van der Waals surface area contributed by atoms with Gasteiger partial charge in [-0.25, -0.2) is 0 Å². The Kier molecular flexibility index (Phi) is 4.13. The highest BCUT2D eigenvalue weighted by atomic mass is 16.5. The van der Waals surface area contributed by atoms with Crippen LogP contribution in [0.4, 0.5) is 5.69 Å². The highest BCUT2D eigenvalue weighted by Crippen LogP contribution is 2.62. The number of anilines is 1. The fourth-order valence-corrected chi connectivity index (χ4v) is 5.66. The number of fused-ring (bicyclic) bond motifs is 5. The minimum Gasteiger partial charge on any atom is -0.493 e. The number of nitrogens with one attached hydrogen (secondary N) is 1. The van der Waals surface area contributed by atoms with Crippen LogP contribution >= 0.6 is 0 Å². The first-order valence-corrected chi connectivity index (χ1v) is 9.99. The first-order chi connectivity index (χ1) is 14.6. The van der Waals surface area contributed by atoms with Crippen molar-refractivity contribution in [2.45, 2.75) is 11.8 Å². The summed E-state index contributed by atoms with van der Waals surface area (Å²) in [6.45, 7) is 0. The van der Waals surface area contributed by atoms with E-state index in [0.29, 0.717) is 22.8 Å². The van der Waals surface area contributed by atoms with Crippen molar-refractivity contribution in [3.05, 3.63) is 59.7 Å². The number of Topliss-reactive ketones (excluding diaryl/α,β-unsaturated/α-hetero) is 1. The van der Waals surface area contributed by atoms with Gasteiger partial charge < -0.3 is 19.5 Å². The van der Waals surface area contributed by atoms with E-state index in [4.69, 9.17) is 14.2 Å². The molecule has 2 aromatic carbocycles. The van der Waals surface area contributed by atoms with Gasteiger partial charge in [-0.05, 0) is 42.0 Å². The van der Waals surface area contributed by atoms with E-state index in [-0.39, 0.29) is 23.5 Å². The van der Waals surface area contributed by atoms with E-state index in [1.807, 2.05) is 24.3 Å². The van der Waals surface area contributed by atoms with E-state index in [0.717, 1.165) is 17.7 Å². The van der Waals surface area contributed by atoms with Gasteiger partial charge in [-0.1, -0.05) is 30.4 Å². The van der Waals surface area contributed by atoms with E-state index < -0.39 is 11.3 Å². The first-order valence-electron chi connectivity index (χ1n) is 9.99. The maximum atomic E-state index is 13.9. The number of benzene rings is 2.